The Kier molecular flexibility index (Phi) is 4.27. The third-order valence-corrected chi connectivity index (χ3v) is 4.17. The molecule has 18 heavy (non-hydrogen) atoms. The third kappa shape index (κ3) is 2.53. The van der Waals surface area contributed by atoms with Crippen LogP contribution in [0, 0.1) is 0 Å². The second-order valence-corrected chi connectivity index (χ2v) is 5.55. The summed E-state index contributed by atoms with van der Waals surface area (Å²) in [5.41, 5.74) is 2.73. The number of aryl methyl sites for hydroxylation is 1. The van der Waals surface area contributed by atoms with Gasteiger partial charge < -0.3 is 4.42 Å². The van der Waals surface area contributed by atoms with Crippen LogP contribution in [0.3, 0.4) is 0 Å². The Labute approximate surface area is 115 Å². The first kappa shape index (κ1) is 13.4. The van der Waals surface area contributed by atoms with E-state index in [1.54, 1.807) is 4.57 Å². The predicted octanol–water partition coefficient (Wildman–Crippen LogP) is 4.24. The zero-order chi connectivity index (χ0) is 13.1. The molecule has 1 unspecified atom stereocenters. The maximum Gasteiger partial charge on any atom is 0.419 e. The van der Waals surface area contributed by atoms with Gasteiger partial charge in [0, 0.05) is 11.4 Å². The van der Waals surface area contributed by atoms with Gasteiger partial charge in [-0.2, -0.15) is 0 Å². The van der Waals surface area contributed by atoms with Crippen molar-refractivity contribution >= 4 is 27.0 Å². The minimum absolute atomic E-state index is 0.274. The molecule has 0 fully saturated rings. The van der Waals surface area contributed by atoms with Gasteiger partial charge in [-0.05, 0) is 31.0 Å². The number of hydrogen-bond acceptors (Lipinski definition) is 2. The average molecular weight is 312 g/mol. The van der Waals surface area contributed by atoms with E-state index < -0.39 is 0 Å². The zero-order valence-corrected chi connectivity index (χ0v) is 12.4. The van der Waals surface area contributed by atoms with Gasteiger partial charge in [0.1, 0.15) is 0 Å². The number of hydrogen-bond donors (Lipinski definition) is 0. The lowest BCUT2D eigenvalue weighted by atomic mass is 10.1. The third-order valence-electron chi connectivity index (χ3n) is 3.18. The molecule has 0 amide bonds. The van der Waals surface area contributed by atoms with Gasteiger partial charge in [0.15, 0.2) is 5.58 Å². The van der Waals surface area contributed by atoms with E-state index in [4.69, 9.17) is 4.42 Å². The highest BCUT2D eigenvalue weighted by molar-refractivity contribution is 9.09. The first-order chi connectivity index (χ1) is 8.67. The topological polar surface area (TPSA) is 35.1 Å². The maximum atomic E-state index is 11.6. The molecule has 0 aliphatic carbocycles. The van der Waals surface area contributed by atoms with Gasteiger partial charge >= 0.3 is 5.76 Å². The normalized spacial score (nSPS) is 13.1. The summed E-state index contributed by atoms with van der Waals surface area (Å²) in [6.07, 6.45) is 3.47. The smallest absolute Gasteiger partial charge is 0.408 e. The van der Waals surface area contributed by atoms with Crippen molar-refractivity contribution in [2.45, 2.75) is 44.5 Å². The summed E-state index contributed by atoms with van der Waals surface area (Å²) in [6.45, 7) is 4.76. The summed E-state index contributed by atoms with van der Waals surface area (Å²) >= 11 is 3.69. The molecule has 0 radical (unpaired) electrons. The summed E-state index contributed by atoms with van der Waals surface area (Å²) in [4.78, 5) is 11.9. The molecule has 0 saturated heterocycles. The molecule has 4 heteroatoms. The summed E-state index contributed by atoms with van der Waals surface area (Å²) in [5.74, 6) is -0.274. The van der Waals surface area contributed by atoms with E-state index in [9.17, 15) is 4.79 Å². The number of aromatic nitrogens is 1. The van der Waals surface area contributed by atoms with Crippen LogP contribution >= 0.6 is 15.9 Å². The molecule has 98 valence electrons. The lowest BCUT2D eigenvalue weighted by Crippen LogP contribution is -2.11. The SMILES string of the molecule is CCCCC(Br)c1ccc2c(c1)oc(=O)n2CC. The van der Waals surface area contributed by atoms with Crippen molar-refractivity contribution in [3.8, 4) is 0 Å². The molecule has 1 heterocycles. The van der Waals surface area contributed by atoms with E-state index in [1.165, 1.54) is 18.4 Å². The number of rotatable bonds is 5. The first-order valence-electron chi connectivity index (χ1n) is 6.44. The van der Waals surface area contributed by atoms with Crippen molar-refractivity contribution in [3.05, 3.63) is 34.3 Å². The van der Waals surface area contributed by atoms with Gasteiger partial charge in [0.25, 0.3) is 0 Å². The summed E-state index contributed by atoms with van der Waals surface area (Å²) in [6, 6.07) is 6.01. The molecule has 0 N–H and O–H groups in total. The average Bonchev–Trinajstić information content (AvgIpc) is 2.69. The molecular formula is C14H18BrNO2. The lowest BCUT2D eigenvalue weighted by Gasteiger charge is -2.09. The Morgan fingerprint density at radius 3 is 2.83 bits per heavy atom. The number of oxazole rings is 1. The number of alkyl halides is 1. The van der Waals surface area contributed by atoms with Gasteiger partial charge in [-0.15, -0.1) is 0 Å². The maximum absolute atomic E-state index is 11.6. The predicted molar refractivity (Wildman–Crippen MR) is 77.3 cm³/mol. The zero-order valence-electron chi connectivity index (χ0n) is 10.8. The Morgan fingerprint density at radius 1 is 1.39 bits per heavy atom. The Bertz CT molecular complexity index is 585. The van der Waals surface area contributed by atoms with Crippen LogP contribution in [-0.4, -0.2) is 4.57 Å². The van der Waals surface area contributed by atoms with E-state index in [-0.39, 0.29) is 5.76 Å². The number of fused-ring (bicyclic) bond motifs is 1. The van der Waals surface area contributed by atoms with E-state index in [1.807, 2.05) is 19.1 Å². The second kappa shape index (κ2) is 5.74. The fraction of sp³-hybridized carbons (Fsp3) is 0.500. The highest BCUT2D eigenvalue weighted by Gasteiger charge is 2.12. The van der Waals surface area contributed by atoms with Crippen molar-refractivity contribution in [1.82, 2.24) is 4.57 Å². The molecule has 1 aromatic carbocycles. The molecule has 0 aliphatic rings. The number of nitrogens with zero attached hydrogens (tertiary/aromatic N) is 1. The number of halogens is 1. The van der Waals surface area contributed by atoms with Gasteiger partial charge in [-0.1, -0.05) is 41.8 Å². The van der Waals surface area contributed by atoms with Crippen molar-refractivity contribution in [3.63, 3.8) is 0 Å². The van der Waals surface area contributed by atoms with Crippen molar-refractivity contribution in [1.29, 1.82) is 0 Å². The number of benzene rings is 1. The van der Waals surface area contributed by atoms with Crippen LogP contribution in [0.25, 0.3) is 11.1 Å². The minimum atomic E-state index is -0.274. The van der Waals surface area contributed by atoms with Crippen LogP contribution in [0.4, 0.5) is 0 Å². The molecule has 0 aliphatic heterocycles. The molecule has 1 atom stereocenters. The molecule has 0 saturated carbocycles. The van der Waals surface area contributed by atoms with E-state index in [2.05, 4.69) is 28.9 Å². The van der Waals surface area contributed by atoms with Crippen LogP contribution < -0.4 is 5.76 Å². The first-order valence-corrected chi connectivity index (χ1v) is 7.36. The Hall–Kier alpha value is -1.03. The summed E-state index contributed by atoms with van der Waals surface area (Å²) in [5, 5.41) is 0. The van der Waals surface area contributed by atoms with Gasteiger partial charge in [0.05, 0.1) is 5.52 Å². The second-order valence-electron chi connectivity index (χ2n) is 4.45. The highest BCUT2D eigenvalue weighted by atomic mass is 79.9. The van der Waals surface area contributed by atoms with Crippen LogP contribution in [0.2, 0.25) is 0 Å². The van der Waals surface area contributed by atoms with Gasteiger partial charge in [-0.25, -0.2) is 4.79 Å². The Balaban J connectivity index is 2.36. The van der Waals surface area contributed by atoms with Crippen molar-refractivity contribution < 1.29 is 4.42 Å². The van der Waals surface area contributed by atoms with Crippen molar-refractivity contribution in [2.75, 3.05) is 0 Å². The summed E-state index contributed by atoms with van der Waals surface area (Å²) in [7, 11) is 0. The molecule has 2 aromatic rings. The van der Waals surface area contributed by atoms with Crippen LogP contribution in [0.5, 0.6) is 0 Å². The molecule has 3 nitrogen and oxygen atoms in total. The van der Waals surface area contributed by atoms with Crippen molar-refractivity contribution in [2.24, 2.45) is 0 Å². The quantitative estimate of drug-likeness (QED) is 0.774. The summed E-state index contributed by atoms with van der Waals surface area (Å²) < 4.78 is 6.92. The minimum Gasteiger partial charge on any atom is -0.408 e. The van der Waals surface area contributed by atoms with Gasteiger partial charge in [-0.3, -0.25) is 4.57 Å². The monoisotopic (exact) mass is 311 g/mol. The fourth-order valence-corrected chi connectivity index (χ4v) is 2.74. The molecule has 0 bridgehead atoms. The van der Waals surface area contributed by atoms with Crippen LogP contribution in [0.1, 0.15) is 43.5 Å². The fourth-order valence-electron chi connectivity index (χ4n) is 2.13. The lowest BCUT2D eigenvalue weighted by molar-refractivity contribution is 0.513. The molecule has 2 rings (SSSR count). The van der Waals surface area contributed by atoms with E-state index >= 15 is 0 Å². The Morgan fingerprint density at radius 2 is 2.17 bits per heavy atom. The number of unbranched alkanes of at least 4 members (excludes halogenated alkanes) is 1. The van der Waals surface area contributed by atoms with Gasteiger partial charge in [0.2, 0.25) is 0 Å². The molecule has 1 aromatic heterocycles. The van der Waals surface area contributed by atoms with E-state index in [0.717, 1.165) is 11.9 Å². The largest absolute Gasteiger partial charge is 0.419 e. The standard InChI is InChI=1S/C14H18BrNO2/c1-3-5-6-11(15)10-7-8-12-13(9-10)18-14(17)16(12)4-2/h7-9,11H,3-6H2,1-2H3. The molecule has 0 spiro atoms. The van der Waals surface area contributed by atoms with Crippen LogP contribution in [0.15, 0.2) is 27.4 Å². The van der Waals surface area contributed by atoms with E-state index in [0.29, 0.717) is 17.0 Å². The highest BCUT2D eigenvalue weighted by Crippen LogP contribution is 2.30. The molecular weight excluding hydrogens is 294 g/mol. The van der Waals surface area contributed by atoms with Crippen LogP contribution in [-0.2, 0) is 6.54 Å².